The maximum atomic E-state index is 11.1. The minimum absolute atomic E-state index is 0.0590. The molecule has 0 bridgehead atoms. The topological polar surface area (TPSA) is 115 Å². The number of hydrogen-bond acceptors (Lipinski definition) is 8. The van der Waals surface area contributed by atoms with Gasteiger partial charge in [-0.2, -0.15) is 0 Å². The maximum Gasteiger partial charge on any atom is 0.343 e. The van der Waals surface area contributed by atoms with E-state index in [2.05, 4.69) is 15.3 Å². The van der Waals surface area contributed by atoms with Gasteiger partial charge >= 0.3 is 5.69 Å². The standard InChI is InChI=1S/C10H16N4O4S2/c1-3-4-11-9-8(14(15)16)10(13-7-12-9)19-5-6-20(2,17)18/h7H,3-6H2,1-2H3,(H,11,12,13). The SMILES string of the molecule is CCCNc1ncnc(SCCS(C)(=O)=O)c1[N+](=O)[O-]. The quantitative estimate of drug-likeness (QED) is 0.330. The number of sulfone groups is 1. The van der Waals surface area contributed by atoms with Crippen LogP contribution in [-0.4, -0.2) is 47.6 Å². The Morgan fingerprint density at radius 3 is 2.70 bits per heavy atom. The number of rotatable bonds is 8. The molecule has 0 spiro atoms. The summed E-state index contributed by atoms with van der Waals surface area (Å²) in [6, 6.07) is 0. The second-order valence-electron chi connectivity index (χ2n) is 4.04. The molecule has 0 unspecified atom stereocenters. The van der Waals surface area contributed by atoms with Crippen molar-refractivity contribution in [2.75, 3.05) is 29.6 Å². The molecule has 0 aromatic carbocycles. The van der Waals surface area contributed by atoms with E-state index in [9.17, 15) is 18.5 Å². The average Bonchev–Trinajstić information content (AvgIpc) is 2.34. The molecule has 0 amide bonds. The smallest absolute Gasteiger partial charge is 0.343 e. The van der Waals surface area contributed by atoms with Gasteiger partial charge in [0.15, 0.2) is 5.03 Å². The molecule has 1 N–H and O–H groups in total. The summed E-state index contributed by atoms with van der Waals surface area (Å²) in [5.74, 6) is 0.314. The molecule has 0 atom stereocenters. The minimum atomic E-state index is -3.10. The van der Waals surface area contributed by atoms with Gasteiger partial charge in [-0.05, 0) is 6.42 Å². The predicted octanol–water partition coefficient (Wildman–Crippen LogP) is 1.34. The van der Waals surface area contributed by atoms with Crippen LogP contribution in [0.4, 0.5) is 11.5 Å². The summed E-state index contributed by atoms with van der Waals surface area (Å²) in [5, 5.41) is 14.2. The van der Waals surface area contributed by atoms with E-state index in [1.807, 2.05) is 6.92 Å². The van der Waals surface area contributed by atoms with E-state index in [1.165, 1.54) is 6.33 Å². The summed E-state index contributed by atoms with van der Waals surface area (Å²) in [6.07, 6.45) is 3.15. The van der Waals surface area contributed by atoms with Crippen molar-refractivity contribution in [3.8, 4) is 0 Å². The van der Waals surface area contributed by atoms with Crippen LogP contribution in [0.15, 0.2) is 11.4 Å². The molecule has 0 fully saturated rings. The van der Waals surface area contributed by atoms with Crippen molar-refractivity contribution in [2.45, 2.75) is 18.4 Å². The maximum absolute atomic E-state index is 11.1. The van der Waals surface area contributed by atoms with Crippen LogP contribution < -0.4 is 5.32 Å². The molecule has 8 nitrogen and oxygen atoms in total. The van der Waals surface area contributed by atoms with Crippen LogP contribution in [-0.2, 0) is 9.84 Å². The Kier molecular flexibility index (Phi) is 6.14. The van der Waals surface area contributed by atoms with Crippen molar-refractivity contribution < 1.29 is 13.3 Å². The fourth-order valence-electron chi connectivity index (χ4n) is 1.30. The van der Waals surface area contributed by atoms with Gasteiger partial charge < -0.3 is 5.32 Å². The molecule has 0 saturated carbocycles. The number of nitrogens with zero attached hydrogens (tertiary/aromatic N) is 3. The minimum Gasteiger partial charge on any atom is -0.364 e. The largest absolute Gasteiger partial charge is 0.364 e. The van der Waals surface area contributed by atoms with E-state index in [-0.39, 0.29) is 28.0 Å². The van der Waals surface area contributed by atoms with Gasteiger partial charge in [0, 0.05) is 18.6 Å². The van der Waals surface area contributed by atoms with E-state index in [4.69, 9.17) is 0 Å². The Labute approximate surface area is 121 Å². The summed E-state index contributed by atoms with van der Waals surface area (Å²) in [4.78, 5) is 18.3. The number of nitrogens with one attached hydrogen (secondary N) is 1. The second kappa shape index (κ2) is 7.39. The van der Waals surface area contributed by atoms with Crippen molar-refractivity contribution in [3.05, 3.63) is 16.4 Å². The summed E-state index contributed by atoms with van der Waals surface area (Å²) in [5.41, 5.74) is -0.209. The zero-order valence-corrected chi connectivity index (χ0v) is 12.8. The van der Waals surface area contributed by atoms with Crippen LogP contribution >= 0.6 is 11.8 Å². The lowest BCUT2D eigenvalue weighted by atomic mass is 10.4. The van der Waals surface area contributed by atoms with Crippen molar-refractivity contribution in [1.82, 2.24) is 9.97 Å². The van der Waals surface area contributed by atoms with E-state index >= 15 is 0 Å². The lowest BCUT2D eigenvalue weighted by Crippen LogP contribution is -2.08. The van der Waals surface area contributed by atoms with Crippen molar-refractivity contribution in [1.29, 1.82) is 0 Å². The van der Waals surface area contributed by atoms with Crippen LogP contribution in [0.25, 0.3) is 0 Å². The first-order valence-electron chi connectivity index (χ1n) is 5.89. The summed E-state index contributed by atoms with van der Waals surface area (Å²) in [7, 11) is -3.10. The van der Waals surface area contributed by atoms with Gasteiger partial charge in [0.2, 0.25) is 5.82 Å². The molecule has 20 heavy (non-hydrogen) atoms. The average molecular weight is 320 g/mol. The van der Waals surface area contributed by atoms with Gasteiger partial charge in [-0.1, -0.05) is 18.7 Å². The number of hydrogen-bond donors (Lipinski definition) is 1. The number of thioether (sulfide) groups is 1. The highest BCUT2D eigenvalue weighted by Gasteiger charge is 2.23. The third-order valence-corrected chi connectivity index (χ3v) is 4.39. The Hall–Kier alpha value is -1.42. The summed E-state index contributed by atoms with van der Waals surface area (Å²) < 4.78 is 22.1. The zero-order valence-electron chi connectivity index (χ0n) is 11.2. The molecule has 112 valence electrons. The third kappa shape index (κ3) is 5.29. The Balaban J connectivity index is 2.91. The monoisotopic (exact) mass is 320 g/mol. The first kappa shape index (κ1) is 16.6. The molecule has 0 saturated heterocycles. The van der Waals surface area contributed by atoms with Crippen molar-refractivity contribution in [2.24, 2.45) is 0 Å². The zero-order chi connectivity index (χ0) is 15.2. The first-order valence-corrected chi connectivity index (χ1v) is 8.93. The van der Waals surface area contributed by atoms with Gasteiger partial charge in [-0.15, -0.1) is 0 Å². The third-order valence-electron chi connectivity index (χ3n) is 2.21. The predicted molar refractivity (Wildman–Crippen MR) is 77.9 cm³/mol. The Bertz CT molecular complexity index is 577. The van der Waals surface area contributed by atoms with Crippen LogP contribution in [0.5, 0.6) is 0 Å². The van der Waals surface area contributed by atoms with E-state index in [0.29, 0.717) is 6.54 Å². The Morgan fingerprint density at radius 2 is 2.15 bits per heavy atom. The lowest BCUT2D eigenvalue weighted by Gasteiger charge is -2.07. The van der Waals surface area contributed by atoms with Crippen molar-refractivity contribution in [3.63, 3.8) is 0 Å². The van der Waals surface area contributed by atoms with Crippen LogP contribution in [0.1, 0.15) is 13.3 Å². The van der Waals surface area contributed by atoms with Gasteiger partial charge in [-0.3, -0.25) is 10.1 Å². The number of nitro groups is 1. The van der Waals surface area contributed by atoms with Crippen LogP contribution in [0, 0.1) is 10.1 Å². The molecule has 10 heteroatoms. The molecular weight excluding hydrogens is 304 g/mol. The van der Waals surface area contributed by atoms with Gasteiger partial charge in [0.1, 0.15) is 16.2 Å². The van der Waals surface area contributed by atoms with E-state index in [1.54, 1.807) is 0 Å². The molecule has 1 heterocycles. The van der Waals surface area contributed by atoms with Gasteiger partial charge in [0.25, 0.3) is 0 Å². The number of anilines is 1. The highest BCUT2D eigenvalue weighted by molar-refractivity contribution is 8.00. The first-order chi connectivity index (χ1) is 9.35. The lowest BCUT2D eigenvalue weighted by molar-refractivity contribution is -0.387. The normalized spacial score (nSPS) is 11.3. The van der Waals surface area contributed by atoms with Gasteiger partial charge in [0.05, 0.1) is 10.7 Å². The molecule has 0 aliphatic carbocycles. The molecular formula is C10H16N4O4S2. The number of aromatic nitrogens is 2. The van der Waals surface area contributed by atoms with Gasteiger partial charge in [-0.25, -0.2) is 18.4 Å². The molecule has 0 radical (unpaired) electrons. The fourth-order valence-corrected chi connectivity index (χ4v) is 3.46. The van der Waals surface area contributed by atoms with E-state index in [0.717, 1.165) is 24.4 Å². The molecule has 0 aliphatic rings. The highest BCUT2D eigenvalue weighted by atomic mass is 32.2. The van der Waals surface area contributed by atoms with Crippen molar-refractivity contribution >= 4 is 33.1 Å². The molecule has 1 aromatic rings. The molecule has 1 rings (SSSR count). The summed E-state index contributed by atoms with van der Waals surface area (Å²) in [6.45, 7) is 2.49. The van der Waals surface area contributed by atoms with Crippen LogP contribution in [0.2, 0.25) is 0 Å². The Morgan fingerprint density at radius 1 is 1.45 bits per heavy atom. The molecule has 0 aliphatic heterocycles. The summed E-state index contributed by atoms with van der Waals surface area (Å²) >= 11 is 1.04. The fraction of sp³-hybridized carbons (Fsp3) is 0.600. The molecule has 1 aromatic heterocycles. The second-order valence-corrected chi connectivity index (χ2v) is 7.38. The van der Waals surface area contributed by atoms with Crippen LogP contribution in [0.3, 0.4) is 0 Å². The highest BCUT2D eigenvalue weighted by Crippen LogP contribution is 2.32. The van der Waals surface area contributed by atoms with E-state index < -0.39 is 14.8 Å².